The van der Waals surface area contributed by atoms with Crippen molar-refractivity contribution in [3.8, 4) is 0 Å². The second-order valence-corrected chi connectivity index (χ2v) is 5.70. The Hall–Kier alpha value is -0.420. The number of hydrogen-bond acceptors (Lipinski definition) is 5. The Morgan fingerprint density at radius 1 is 1.24 bits per heavy atom. The second kappa shape index (κ2) is 8.64. The van der Waals surface area contributed by atoms with Crippen molar-refractivity contribution in [1.29, 1.82) is 0 Å². The van der Waals surface area contributed by atoms with Gasteiger partial charge in [0.2, 0.25) is 5.91 Å². The van der Waals surface area contributed by atoms with E-state index in [0.717, 1.165) is 0 Å². The fourth-order valence-electron chi connectivity index (χ4n) is 1.28. The fraction of sp³-hybridized carbons (Fsp3) is 0.900. The topological polar surface area (TPSA) is 76.1 Å². The van der Waals surface area contributed by atoms with Gasteiger partial charge in [-0.1, -0.05) is 0 Å². The van der Waals surface area contributed by atoms with Crippen molar-refractivity contribution in [3.05, 3.63) is 0 Å². The molecule has 0 aliphatic carbocycles. The molecule has 0 saturated carbocycles. The molecule has 1 amide bonds. The van der Waals surface area contributed by atoms with Crippen molar-refractivity contribution >= 4 is 13.5 Å². The first kappa shape index (κ1) is 16.6. The number of amides is 1. The van der Waals surface area contributed by atoms with Crippen LogP contribution >= 0.6 is 7.60 Å². The Labute approximate surface area is 102 Å². The molecule has 0 aliphatic heterocycles. The molecule has 0 aromatic carbocycles. The summed E-state index contributed by atoms with van der Waals surface area (Å²) in [5, 5.41) is 9.76. The van der Waals surface area contributed by atoms with Gasteiger partial charge in [-0.2, -0.15) is 0 Å². The minimum absolute atomic E-state index is 0.230. The lowest BCUT2D eigenvalue weighted by molar-refractivity contribution is -0.162. The van der Waals surface area contributed by atoms with Crippen molar-refractivity contribution < 1.29 is 23.6 Å². The van der Waals surface area contributed by atoms with Crippen LogP contribution in [0, 0.1) is 0 Å². The van der Waals surface area contributed by atoms with Crippen molar-refractivity contribution in [3.63, 3.8) is 0 Å². The molecule has 0 heterocycles. The van der Waals surface area contributed by atoms with E-state index in [0.29, 0.717) is 37.3 Å². The quantitative estimate of drug-likeness (QED) is 0.300. The van der Waals surface area contributed by atoms with Crippen LogP contribution in [0.25, 0.3) is 0 Å². The molecule has 0 aromatic rings. The molecule has 0 atom stereocenters. The van der Waals surface area contributed by atoms with Crippen LogP contribution in [-0.2, 0) is 18.4 Å². The molecule has 1 N–H and O–H groups in total. The molecular weight excluding hydrogens is 245 g/mol. The lowest BCUT2D eigenvalue weighted by Gasteiger charge is -2.17. The van der Waals surface area contributed by atoms with Gasteiger partial charge in [-0.25, -0.2) is 5.06 Å². The predicted octanol–water partition coefficient (Wildman–Crippen LogP) is 2.27. The summed E-state index contributed by atoms with van der Waals surface area (Å²) in [6, 6.07) is 0. The monoisotopic (exact) mass is 267 g/mol. The number of carbonyl (C=O) groups is 1. The molecule has 102 valence electrons. The Morgan fingerprint density at radius 2 is 1.76 bits per heavy atom. The summed E-state index contributed by atoms with van der Waals surface area (Å²) >= 11 is 0. The van der Waals surface area contributed by atoms with Crippen molar-refractivity contribution in [2.24, 2.45) is 0 Å². The predicted molar refractivity (Wildman–Crippen MR) is 64.1 cm³/mol. The third-order valence-corrected chi connectivity index (χ3v) is 4.23. The maximum absolute atomic E-state index is 12.0. The maximum Gasteiger partial charge on any atom is 0.330 e. The number of unbranched alkanes of at least 4 members (excludes halogenated alkanes) is 1. The Morgan fingerprint density at radius 3 is 2.18 bits per heavy atom. The first-order valence-electron chi connectivity index (χ1n) is 5.80. The average Bonchev–Trinajstić information content (AvgIpc) is 2.24. The van der Waals surface area contributed by atoms with Gasteiger partial charge >= 0.3 is 7.60 Å². The van der Waals surface area contributed by atoms with Crippen LogP contribution in [0.4, 0.5) is 0 Å². The number of nitrogens with zero attached hydrogens (tertiary/aromatic N) is 1. The highest BCUT2D eigenvalue weighted by Gasteiger charge is 2.22. The van der Waals surface area contributed by atoms with E-state index < -0.39 is 13.5 Å². The van der Waals surface area contributed by atoms with Gasteiger partial charge in [-0.15, -0.1) is 0 Å². The third kappa shape index (κ3) is 7.49. The molecule has 0 saturated heterocycles. The highest BCUT2D eigenvalue weighted by atomic mass is 31.2. The minimum Gasteiger partial charge on any atom is -0.309 e. The molecule has 0 bridgehead atoms. The summed E-state index contributed by atoms with van der Waals surface area (Å²) < 4.78 is 22.2. The van der Waals surface area contributed by atoms with Gasteiger partial charge in [-0.3, -0.25) is 14.6 Å². The average molecular weight is 267 g/mol. The standard InChI is InChI=1S/C10H22NO5P/c1-4-15-17(14,16-5-2)9-7-6-8-11(13)10(3)12/h13H,4-9H2,1-3H3. The normalized spacial score (nSPS) is 11.5. The van der Waals surface area contributed by atoms with Crippen LogP contribution in [0.2, 0.25) is 0 Å². The summed E-state index contributed by atoms with van der Waals surface area (Å²) in [6.07, 6.45) is 1.43. The maximum atomic E-state index is 12.0. The molecule has 7 heteroatoms. The van der Waals surface area contributed by atoms with E-state index in [2.05, 4.69) is 0 Å². The zero-order valence-electron chi connectivity index (χ0n) is 10.7. The lowest BCUT2D eigenvalue weighted by atomic mass is 10.3. The van der Waals surface area contributed by atoms with Crippen LogP contribution in [0.15, 0.2) is 0 Å². The van der Waals surface area contributed by atoms with Crippen molar-refractivity contribution in [2.45, 2.75) is 33.6 Å². The van der Waals surface area contributed by atoms with E-state index >= 15 is 0 Å². The van der Waals surface area contributed by atoms with Crippen LogP contribution in [0.5, 0.6) is 0 Å². The van der Waals surface area contributed by atoms with Gasteiger partial charge in [-0.05, 0) is 26.7 Å². The summed E-state index contributed by atoms with van der Waals surface area (Å²) in [5.74, 6) is -0.400. The Kier molecular flexibility index (Phi) is 8.43. The number of rotatable bonds is 9. The van der Waals surface area contributed by atoms with E-state index in [-0.39, 0.29) is 6.54 Å². The molecule has 0 fully saturated rings. The van der Waals surface area contributed by atoms with Crippen LogP contribution in [-0.4, -0.2) is 42.1 Å². The Bertz CT molecular complexity index is 261. The SMILES string of the molecule is CCOP(=O)(CCCCN(O)C(C)=O)OCC. The third-order valence-electron chi connectivity index (χ3n) is 2.07. The zero-order chi connectivity index (χ0) is 13.3. The summed E-state index contributed by atoms with van der Waals surface area (Å²) in [5.41, 5.74) is 0. The largest absolute Gasteiger partial charge is 0.330 e. The molecule has 6 nitrogen and oxygen atoms in total. The van der Waals surface area contributed by atoms with Crippen LogP contribution < -0.4 is 0 Å². The minimum atomic E-state index is -2.99. The highest BCUT2D eigenvalue weighted by molar-refractivity contribution is 7.53. The number of carbonyl (C=O) groups excluding carboxylic acids is 1. The van der Waals surface area contributed by atoms with E-state index in [9.17, 15) is 9.36 Å². The fourth-order valence-corrected chi connectivity index (χ4v) is 3.01. The van der Waals surface area contributed by atoms with Gasteiger partial charge in [0.05, 0.1) is 19.4 Å². The van der Waals surface area contributed by atoms with Gasteiger partial charge in [0.15, 0.2) is 0 Å². The Balaban J connectivity index is 3.90. The molecule has 0 radical (unpaired) electrons. The van der Waals surface area contributed by atoms with E-state index in [1.165, 1.54) is 6.92 Å². The van der Waals surface area contributed by atoms with Crippen molar-refractivity contribution in [1.82, 2.24) is 5.06 Å². The summed E-state index contributed by atoms with van der Waals surface area (Å²) in [4.78, 5) is 10.7. The van der Waals surface area contributed by atoms with Gasteiger partial charge < -0.3 is 9.05 Å². The number of hydrogen-bond donors (Lipinski definition) is 1. The molecule has 0 unspecified atom stereocenters. The molecule has 0 rings (SSSR count). The number of hydroxylamine groups is 2. The lowest BCUT2D eigenvalue weighted by Crippen LogP contribution is -2.25. The summed E-state index contributed by atoms with van der Waals surface area (Å²) in [6.45, 7) is 5.72. The molecule has 0 aliphatic rings. The van der Waals surface area contributed by atoms with Crippen molar-refractivity contribution in [2.75, 3.05) is 25.9 Å². The zero-order valence-corrected chi connectivity index (χ0v) is 11.6. The first-order valence-corrected chi connectivity index (χ1v) is 7.53. The van der Waals surface area contributed by atoms with Crippen LogP contribution in [0.1, 0.15) is 33.6 Å². The highest BCUT2D eigenvalue weighted by Crippen LogP contribution is 2.48. The second-order valence-electron chi connectivity index (χ2n) is 3.52. The molecule has 0 aromatic heterocycles. The smallest absolute Gasteiger partial charge is 0.309 e. The molecule has 0 spiro atoms. The molecular formula is C10H22NO5P. The first-order chi connectivity index (χ1) is 7.95. The molecule has 17 heavy (non-hydrogen) atoms. The van der Waals surface area contributed by atoms with Gasteiger partial charge in [0.25, 0.3) is 0 Å². The van der Waals surface area contributed by atoms with E-state index in [4.69, 9.17) is 14.3 Å². The van der Waals surface area contributed by atoms with Crippen LogP contribution in [0.3, 0.4) is 0 Å². The summed E-state index contributed by atoms with van der Waals surface area (Å²) in [7, 11) is -2.99. The van der Waals surface area contributed by atoms with E-state index in [1.54, 1.807) is 13.8 Å². The van der Waals surface area contributed by atoms with E-state index in [1.807, 2.05) is 0 Å². The van der Waals surface area contributed by atoms with Gasteiger partial charge in [0.1, 0.15) is 0 Å². The van der Waals surface area contributed by atoms with Gasteiger partial charge in [0, 0.05) is 13.5 Å².